The van der Waals surface area contributed by atoms with Crippen molar-refractivity contribution >= 4 is 28.3 Å². The number of aromatic nitrogens is 2. The predicted octanol–water partition coefficient (Wildman–Crippen LogP) is 5.52. The van der Waals surface area contributed by atoms with Crippen molar-refractivity contribution in [3.8, 4) is 22.1 Å². The topological polar surface area (TPSA) is 84.4 Å². The summed E-state index contributed by atoms with van der Waals surface area (Å²) in [6, 6.07) is 15.6. The van der Waals surface area contributed by atoms with E-state index in [-0.39, 0.29) is 22.6 Å². The van der Waals surface area contributed by atoms with Crippen molar-refractivity contribution in [2.75, 3.05) is 11.9 Å². The number of carbonyl (C=O) groups excluding carboxylic acids is 2. The van der Waals surface area contributed by atoms with Crippen molar-refractivity contribution in [1.29, 1.82) is 0 Å². The first-order valence-corrected chi connectivity index (χ1v) is 12.0. The Labute approximate surface area is 209 Å². The number of pyridine rings is 1. The molecule has 1 aliphatic heterocycles. The quantitative estimate of drug-likeness (QED) is 0.372. The zero-order valence-corrected chi connectivity index (χ0v) is 19.7. The van der Waals surface area contributed by atoms with E-state index < -0.39 is 17.7 Å². The van der Waals surface area contributed by atoms with Gasteiger partial charge < -0.3 is 15.0 Å². The minimum Gasteiger partial charge on any atom is -0.444 e. The first kappa shape index (κ1) is 23.6. The summed E-state index contributed by atoms with van der Waals surface area (Å²) in [6.45, 7) is 0.450. The molecule has 7 nitrogen and oxygen atoms in total. The molecule has 0 aliphatic carbocycles. The number of amides is 2. The minimum absolute atomic E-state index is 0.258. The van der Waals surface area contributed by atoms with Crippen molar-refractivity contribution in [2.24, 2.45) is 0 Å². The predicted molar refractivity (Wildman–Crippen MR) is 131 cm³/mol. The Hall–Kier alpha value is -4.18. The molecule has 2 aromatic heterocycles. The summed E-state index contributed by atoms with van der Waals surface area (Å²) in [5, 5.41) is 3.40. The van der Waals surface area contributed by atoms with Gasteiger partial charge in [0.1, 0.15) is 34.8 Å². The third-order valence-electron chi connectivity index (χ3n) is 5.67. The Morgan fingerprint density at radius 2 is 1.72 bits per heavy atom. The molecule has 0 saturated carbocycles. The van der Waals surface area contributed by atoms with Crippen molar-refractivity contribution in [3.63, 3.8) is 0 Å². The Balaban J connectivity index is 1.39. The number of thiazole rings is 1. The SMILES string of the molecule is O=C(Nc1nc(-c2ccc(F)cc2)c(Oc2ccc(F)cc2)s1)[C@@H]1CCCN1C(=O)c1ccccn1. The number of halogens is 2. The second-order valence-electron chi connectivity index (χ2n) is 8.08. The number of nitrogens with zero attached hydrogens (tertiary/aromatic N) is 3. The fraction of sp³-hybridized carbons (Fsp3) is 0.154. The average Bonchev–Trinajstić information content (AvgIpc) is 3.53. The van der Waals surface area contributed by atoms with E-state index >= 15 is 0 Å². The van der Waals surface area contributed by atoms with E-state index in [2.05, 4.69) is 15.3 Å². The first-order chi connectivity index (χ1) is 17.5. The Bertz CT molecular complexity index is 1380. The number of carbonyl (C=O) groups is 2. The summed E-state index contributed by atoms with van der Waals surface area (Å²) in [5.74, 6) is -1.10. The maximum Gasteiger partial charge on any atom is 0.273 e. The Morgan fingerprint density at radius 3 is 2.42 bits per heavy atom. The lowest BCUT2D eigenvalue weighted by molar-refractivity contribution is -0.119. The van der Waals surface area contributed by atoms with E-state index in [1.807, 2.05) is 0 Å². The maximum atomic E-state index is 13.5. The fourth-order valence-electron chi connectivity index (χ4n) is 3.94. The third-order valence-corrected chi connectivity index (χ3v) is 6.52. The van der Waals surface area contributed by atoms with E-state index in [4.69, 9.17) is 4.74 Å². The summed E-state index contributed by atoms with van der Waals surface area (Å²) in [7, 11) is 0. The van der Waals surface area contributed by atoms with Gasteiger partial charge in [-0.2, -0.15) is 0 Å². The minimum atomic E-state index is -0.667. The molecule has 1 aliphatic rings. The van der Waals surface area contributed by atoms with Crippen molar-refractivity contribution in [3.05, 3.63) is 90.3 Å². The van der Waals surface area contributed by atoms with Gasteiger partial charge in [-0.05, 0) is 73.5 Å². The summed E-state index contributed by atoms with van der Waals surface area (Å²) < 4.78 is 32.7. The number of anilines is 1. The maximum absolute atomic E-state index is 13.5. The van der Waals surface area contributed by atoms with Crippen LogP contribution in [0.2, 0.25) is 0 Å². The number of likely N-dealkylation sites (tertiary alicyclic amines) is 1. The summed E-state index contributed by atoms with van der Waals surface area (Å²) >= 11 is 1.08. The van der Waals surface area contributed by atoms with Gasteiger partial charge in [0, 0.05) is 18.3 Å². The van der Waals surface area contributed by atoms with Gasteiger partial charge in [0.2, 0.25) is 11.0 Å². The molecule has 5 rings (SSSR count). The van der Waals surface area contributed by atoms with Crippen molar-refractivity contribution in [2.45, 2.75) is 18.9 Å². The zero-order valence-electron chi connectivity index (χ0n) is 18.9. The van der Waals surface area contributed by atoms with Gasteiger partial charge in [-0.15, -0.1) is 0 Å². The molecule has 0 spiro atoms. The fourth-order valence-corrected chi connectivity index (χ4v) is 4.80. The Kier molecular flexibility index (Phi) is 6.68. The Morgan fingerprint density at radius 1 is 1.00 bits per heavy atom. The summed E-state index contributed by atoms with van der Waals surface area (Å²) in [4.78, 5) is 36.2. The molecule has 0 radical (unpaired) electrons. The number of rotatable bonds is 6. The normalized spacial score (nSPS) is 15.1. The molecule has 1 saturated heterocycles. The molecule has 36 heavy (non-hydrogen) atoms. The van der Waals surface area contributed by atoms with E-state index in [9.17, 15) is 18.4 Å². The van der Waals surface area contributed by atoms with Crippen LogP contribution in [0.1, 0.15) is 23.3 Å². The van der Waals surface area contributed by atoms with Gasteiger partial charge in [-0.3, -0.25) is 14.6 Å². The van der Waals surface area contributed by atoms with Crippen LogP contribution in [0.3, 0.4) is 0 Å². The number of hydrogen-bond acceptors (Lipinski definition) is 6. The van der Waals surface area contributed by atoms with Gasteiger partial charge in [-0.1, -0.05) is 17.4 Å². The van der Waals surface area contributed by atoms with Crippen LogP contribution in [-0.2, 0) is 4.79 Å². The second-order valence-corrected chi connectivity index (χ2v) is 9.04. The highest BCUT2D eigenvalue weighted by Crippen LogP contribution is 2.41. The van der Waals surface area contributed by atoms with Crippen LogP contribution in [0, 0.1) is 11.6 Å². The van der Waals surface area contributed by atoms with Crippen LogP contribution in [0.4, 0.5) is 13.9 Å². The van der Waals surface area contributed by atoms with E-state index in [0.717, 1.165) is 11.3 Å². The molecule has 0 bridgehead atoms. The number of benzene rings is 2. The van der Waals surface area contributed by atoms with Crippen molar-refractivity contribution in [1.82, 2.24) is 14.9 Å². The second kappa shape index (κ2) is 10.2. The van der Waals surface area contributed by atoms with Crippen LogP contribution in [-0.4, -0.2) is 39.3 Å². The van der Waals surface area contributed by atoms with Gasteiger partial charge in [0.05, 0.1) is 0 Å². The largest absolute Gasteiger partial charge is 0.444 e. The summed E-state index contributed by atoms with van der Waals surface area (Å²) in [6.07, 6.45) is 2.74. The molecule has 0 unspecified atom stereocenters. The van der Waals surface area contributed by atoms with Crippen LogP contribution < -0.4 is 10.1 Å². The molecule has 1 N–H and O–H groups in total. The number of hydrogen-bond donors (Lipinski definition) is 1. The lowest BCUT2D eigenvalue weighted by Gasteiger charge is -2.23. The first-order valence-electron chi connectivity index (χ1n) is 11.2. The number of ether oxygens (including phenoxy) is 1. The van der Waals surface area contributed by atoms with Crippen LogP contribution in [0.5, 0.6) is 10.8 Å². The van der Waals surface area contributed by atoms with Crippen LogP contribution in [0.15, 0.2) is 72.9 Å². The van der Waals surface area contributed by atoms with E-state index in [0.29, 0.717) is 41.5 Å². The molecule has 2 aromatic carbocycles. The molecule has 2 amide bonds. The van der Waals surface area contributed by atoms with Gasteiger partial charge in [-0.25, -0.2) is 13.8 Å². The smallest absolute Gasteiger partial charge is 0.273 e. The van der Waals surface area contributed by atoms with E-state index in [1.165, 1.54) is 47.5 Å². The van der Waals surface area contributed by atoms with Gasteiger partial charge in [0.25, 0.3) is 5.91 Å². The van der Waals surface area contributed by atoms with Gasteiger partial charge >= 0.3 is 0 Å². The third kappa shape index (κ3) is 5.08. The highest BCUT2D eigenvalue weighted by Gasteiger charge is 2.35. The van der Waals surface area contributed by atoms with Crippen molar-refractivity contribution < 1.29 is 23.1 Å². The molecule has 10 heteroatoms. The monoisotopic (exact) mass is 506 g/mol. The molecule has 182 valence electrons. The lowest BCUT2D eigenvalue weighted by Crippen LogP contribution is -2.43. The van der Waals surface area contributed by atoms with E-state index in [1.54, 1.807) is 30.3 Å². The van der Waals surface area contributed by atoms with Gasteiger partial charge in [0.15, 0.2) is 5.13 Å². The van der Waals surface area contributed by atoms with Crippen LogP contribution in [0.25, 0.3) is 11.3 Å². The number of nitrogens with one attached hydrogen (secondary N) is 1. The lowest BCUT2D eigenvalue weighted by atomic mass is 10.2. The highest BCUT2D eigenvalue weighted by atomic mass is 32.1. The summed E-state index contributed by atoms with van der Waals surface area (Å²) in [5.41, 5.74) is 1.26. The molecular weight excluding hydrogens is 486 g/mol. The van der Waals surface area contributed by atoms with Crippen LogP contribution >= 0.6 is 11.3 Å². The molecular formula is C26H20F2N4O3S. The standard InChI is InChI=1S/C26H20F2N4O3S/c27-17-8-6-16(7-9-17)22-25(35-19-12-10-18(28)11-13-19)36-26(30-22)31-23(33)21-5-3-15-32(21)24(34)20-4-1-2-14-29-20/h1-2,4,6-14,21H,3,5,15H2,(H,30,31,33)/t21-/m0/s1. The highest BCUT2D eigenvalue weighted by molar-refractivity contribution is 7.18. The zero-order chi connectivity index (χ0) is 25.1. The molecule has 1 atom stereocenters. The average molecular weight is 507 g/mol. The molecule has 4 aromatic rings. The molecule has 1 fully saturated rings. The molecule has 3 heterocycles.